The lowest BCUT2D eigenvalue weighted by molar-refractivity contribution is 0.753. The molecule has 0 fully saturated rings. The third-order valence-electron chi connectivity index (χ3n) is 11.1. The minimum Gasteiger partial charge on any atom is -0.383 e. The Labute approximate surface area is 316 Å². The van der Waals surface area contributed by atoms with Crippen LogP contribution in [0.4, 0.5) is 17.1 Å². The average molecular weight is 692 g/mol. The maximum atomic E-state index is 6.68. The Morgan fingerprint density at radius 3 is 1.74 bits per heavy atom. The molecule has 8 aromatic rings. The van der Waals surface area contributed by atoms with Gasteiger partial charge in [0, 0.05) is 11.3 Å². The number of rotatable bonds is 6. The molecule has 54 heavy (non-hydrogen) atoms. The Balaban J connectivity index is 1.14. The standard InChI is InChI=1S/C51H37N3/c52-50(53-34-35-16-3-1-4-17-35)43-24-8-7-22-40(43)38-19-15-18-36(32-38)37-30-31-42-41-23-9-10-25-44(41)51(47(42)33-37)45-26-11-13-28-48(45)54(39-20-5-2-6-21-39)49-29-14-12-27-46(49)51/h1-33H,34H2,(H2,52,53). The number of hydrogen-bond donors (Lipinski definition) is 1. The van der Waals surface area contributed by atoms with Gasteiger partial charge in [-0.1, -0.05) is 164 Å². The summed E-state index contributed by atoms with van der Waals surface area (Å²) in [7, 11) is 0. The molecule has 0 aromatic heterocycles. The molecule has 0 saturated heterocycles. The molecule has 0 bridgehead atoms. The fourth-order valence-corrected chi connectivity index (χ4v) is 8.81. The molecule has 0 atom stereocenters. The minimum atomic E-state index is -0.506. The van der Waals surface area contributed by atoms with Crippen molar-refractivity contribution in [3.63, 3.8) is 0 Å². The quantitative estimate of drug-likeness (QED) is 0.139. The van der Waals surface area contributed by atoms with Crippen LogP contribution < -0.4 is 10.6 Å². The third-order valence-corrected chi connectivity index (χ3v) is 11.1. The summed E-state index contributed by atoms with van der Waals surface area (Å²) < 4.78 is 0. The van der Waals surface area contributed by atoms with Crippen LogP contribution in [-0.4, -0.2) is 5.84 Å². The molecule has 0 saturated carbocycles. The zero-order chi connectivity index (χ0) is 36.1. The first-order valence-corrected chi connectivity index (χ1v) is 18.5. The van der Waals surface area contributed by atoms with Gasteiger partial charge in [0.2, 0.25) is 0 Å². The second kappa shape index (κ2) is 12.9. The Bertz CT molecular complexity index is 2660. The SMILES string of the molecule is N/C(=N\Cc1ccccc1)c1ccccc1-c1cccc(-c2ccc3c(c2)C2(c4ccccc4-3)c3ccccc3N(c3ccccc3)c3ccccc32)c1. The zero-order valence-electron chi connectivity index (χ0n) is 29.7. The number of fused-ring (bicyclic) bond motifs is 9. The predicted octanol–water partition coefficient (Wildman–Crippen LogP) is 12.1. The molecule has 1 aliphatic carbocycles. The van der Waals surface area contributed by atoms with E-state index < -0.39 is 5.41 Å². The van der Waals surface area contributed by atoms with Crippen LogP contribution in [0.5, 0.6) is 0 Å². The van der Waals surface area contributed by atoms with Crippen molar-refractivity contribution < 1.29 is 0 Å². The topological polar surface area (TPSA) is 41.6 Å². The fraction of sp³-hybridized carbons (Fsp3) is 0.0392. The zero-order valence-corrected chi connectivity index (χ0v) is 29.7. The van der Waals surface area contributed by atoms with Gasteiger partial charge in [0.15, 0.2) is 0 Å². The van der Waals surface area contributed by atoms with Crippen LogP contribution >= 0.6 is 0 Å². The number of aliphatic imine (C=N–C) groups is 1. The number of amidine groups is 1. The lowest BCUT2D eigenvalue weighted by Gasteiger charge is -2.45. The van der Waals surface area contributed by atoms with E-state index in [0.717, 1.165) is 33.5 Å². The molecule has 8 aromatic carbocycles. The van der Waals surface area contributed by atoms with Gasteiger partial charge in [-0.05, 0) is 97.6 Å². The van der Waals surface area contributed by atoms with E-state index in [-0.39, 0.29) is 0 Å². The highest BCUT2D eigenvalue weighted by Gasteiger charge is 2.51. The van der Waals surface area contributed by atoms with Crippen molar-refractivity contribution in [1.29, 1.82) is 0 Å². The highest BCUT2D eigenvalue weighted by molar-refractivity contribution is 6.04. The van der Waals surface area contributed by atoms with Crippen LogP contribution in [-0.2, 0) is 12.0 Å². The predicted molar refractivity (Wildman–Crippen MR) is 224 cm³/mol. The molecule has 3 heteroatoms. The molecule has 3 nitrogen and oxygen atoms in total. The molecule has 2 aliphatic rings. The van der Waals surface area contributed by atoms with E-state index in [4.69, 9.17) is 10.7 Å². The highest BCUT2D eigenvalue weighted by atomic mass is 15.2. The molecular formula is C51H37N3. The number of nitrogens with two attached hydrogens (primary N) is 1. The van der Waals surface area contributed by atoms with Crippen molar-refractivity contribution >= 4 is 22.9 Å². The van der Waals surface area contributed by atoms with Crippen LogP contribution in [0.1, 0.15) is 33.4 Å². The van der Waals surface area contributed by atoms with Gasteiger partial charge in [0.1, 0.15) is 5.84 Å². The largest absolute Gasteiger partial charge is 0.383 e. The van der Waals surface area contributed by atoms with Crippen molar-refractivity contribution in [3.05, 3.63) is 234 Å². The van der Waals surface area contributed by atoms with Crippen LogP contribution in [0.15, 0.2) is 205 Å². The van der Waals surface area contributed by atoms with E-state index in [2.05, 4.69) is 181 Å². The number of anilines is 3. The van der Waals surface area contributed by atoms with E-state index >= 15 is 0 Å². The van der Waals surface area contributed by atoms with E-state index in [1.54, 1.807) is 0 Å². The van der Waals surface area contributed by atoms with Crippen LogP contribution in [0.3, 0.4) is 0 Å². The molecule has 0 radical (unpaired) electrons. The molecule has 0 amide bonds. The van der Waals surface area contributed by atoms with E-state index in [1.807, 2.05) is 24.3 Å². The van der Waals surface area contributed by atoms with Crippen molar-refractivity contribution in [3.8, 4) is 33.4 Å². The van der Waals surface area contributed by atoms with Crippen LogP contribution in [0.2, 0.25) is 0 Å². The van der Waals surface area contributed by atoms with E-state index in [9.17, 15) is 0 Å². The summed E-state index contributed by atoms with van der Waals surface area (Å²) in [5, 5.41) is 0. The number of para-hydroxylation sites is 3. The summed E-state index contributed by atoms with van der Waals surface area (Å²) in [5.41, 5.74) is 24.0. The maximum Gasteiger partial charge on any atom is 0.126 e. The third kappa shape index (κ3) is 4.93. The van der Waals surface area contributed by atoms with Crippen molar-refractivity contribution in [2.45, 2.75) is 12.0 Å². The van der Waals surface area contributed by atoms with E-state index in [0.29, 0.717) is 12.4 Å². The lowest BCUT2D eigenvalue weighted by Crippen LogP contribution is -2.36. The highest BCUT2D eigenvalue weighted by Crippen LogP contribution is 2.63. The molecular weight excluding hydrogens is 655 g/mol. The molecule has 0 unspecified atom stereocenters. The Kier molecular flexibility index (Phi) is 7.59. The molecule has 1 heterocycles. The van der Waals surface area contributed by atoms with Gasteiger partial charge < -0.3 is 10.6 Å². The molecule has 1 aliphatic heterocycles. The number of benzene rings is 8. The second-order valence-corrected chi connectivity index (χ2v) is 14.1. The second-order valence-electron chi connectivity index (χ2n) is 14.1. The summed E-state index contributed by atoms with van der Waals surface area (Å²) in [6.45, 7) is 0.537. The van der Waals surface area contributed by atoms with Gasteiger partial charge in [0.25, 0.3) is 0 Å². The first-order chi connectivity index (χ1) is 26.7. The summed E-state index contributed by atoms with van der Waals surface area (Å²) >= 11 is 0. The monoisotopic (exact) mass is 691 g/mol. The van der Waals surface area contributed by atoms with Crippen molar-refractivity contribution in [2.24, 2.45) is 10.7 Å². The van der Waals surface area contributed by atoms with Gasteiger partial charge in [-0.15, -0.1) is 0 Å². The average Bonchev–Trinajstić information content (AvgIpc) is 3.54. The maximum absolute atomic E-state index is 6.68. The molecule has 2 N–H and O–H groups in total. The fourth-order valence-electron chi connectivity index (χ4n) is 8.81. The van der Waals surface area contributed by atoms with Gasteiger partial charge in [-0.25, -0.2) is 0 Å². The Morgan fingerprint density at radius 1 is 0.444 bits per heavy atom. The smallest absolute Gasteiger partial charge is 0.126 e. The molecule has 256 valence electrons. The minimum absolute atomic E-state index is 0.506. The molecule has 10 rings (SSSR count). The van der Waals surface area contributed by atoms with Crippen LogP contribution in [0, 0.1) is 0 Å². The summed E-state index contributed by atoms with van der Waals surface area (Å²) in [4.78, 5) is 7.22. The van der Waals surface area contributed by atoms with E-state index in [1.165, 1.54) is 50.3 Å². The van der Waals surface area contributed by atoms with Gasteiger partial charge in [-0.3, -0.25) is 4.99 Å². The molecule has 1 spiro atoms. The Morgan fingerprint density at radius 2 is 1.00 bits per heavy atom. The van der Waals surface area contributed by atoms with Crippen LogP contribution in [0.25, 0.3) is 33.4 Å². The summed E-state index contributed by atoms with van der Waals surface area (Å²) in [5.74, 6) is 0.538. The lowest BCUT2D eigenvalue weighted by atomic mass is 9.64. The summed E-state index contributed by atoms with van der Waals surface area (Å²) in [6, 6.07) is 72.1. The van der Waals surface area contributed by atoms with Crippen molar-refractivity contribution in [1.82, 2.24) is 0 Å². The van der Waals surface area contributed by atoms with Gasteiger partial charge in [-0.2, -0.15) is 0 Å². The van der Waals surface area contributed by atoms with Gasteiger partial charge in [0.05, 0.1) is 23.3 Å². The summed E-state index contributed by atoms with van der Waals surface area (Å²) in [6.07, 6.45) is 0. The van der Waals surface area contributed by atoms with Crippen molar-refractivity contribution in [2.75, 3.05) is 4.90 Å². The normalized spacial score (nSPS) is 13.6. The first-order valence-electron chi connectivity index (χ1n) is 18.5. The number of nitrogens with zero attached hydrogens (tertiary/aromatic N) is 2. The van der Waals surface area contributed by atoms with Gasteiger partial charge >= 0.3 is 0 Å². The number of hydrogen-bond acceptors (Lipinski definition) is 2. The Hall–Kier alpha value is -6.97. The first kappa shape index (κ1) is 31.7.